The summed E-state index contributed by atoms with van der Waals surface area (Å²) >= 11 is 0. The summed E-state index contributed by atoms with van der Waals surface area (Å²) in [7, 11) is 1.51. The molecule has 0 amide bonds. The minimum atomic E-state index is -0.335. The van der Waals surface area contributed by atoms with Crippen molar-refractivity contribution < 1.29 is 9.31 Å². The zero-order valence-corrected chi connectivity index (χ0v) is 13.1. The predicted molar refractivity (Wildman–Crippen MR) is 80.8 cm³/mol. The van der Waals surface area contributed by atoms with Gasteiger partial charge in [0.15, 0.2) is 0 Å². The van der Waals surface area contributed by atoms with Crippen molar-refractivity contribution in [1.29, 1.82) is 0 Å². The Labute approximate surface area is 117 Å². The van der Waals surface area contributed by atoms with Gasteiger partial charge >= 0.3 is 7.12 Å². The Morgan fingerprint density at radius 2 is 1.58 bits per heavy atom. The van der Waals surface area contributed by atoms with Gasteiger partial charge in [-0.3, -0.25) is 0 Å². The van der Waals surface area contributed by atoms with Gasteiger partial charge < -0.3 is 14.6 Å². The molecule has 0 atom stereocenters. The Kier molecular flexibility index (Phi) is 4.99. The zero-order valence-electron chi connectivity index (χ0n) is 13.1. The molecule has 1 aliphatic rings. The maximum atomic E-state index is 5.94. The van der Waals surface area contributed by atoms with E-state index < -0.39 is 0 Å². The Morgan fingerprint density at radius 3 is 1.95 bits per heavy atom. The molecule has 1 N–H and O–H groups in total. The fourth-order valence-corrected chi connectivity index (χ4v) is 1.67. The topological polar surface area (TPSA) is 43.4 Å². The minimum Gasteiger partial charge on any atom is -0.399 e. The number of nitrogens with one attached hydrogen (secondary N) is 1. The number of hydrogen-bond donors (Lipinski definition) is 1. The Morgan fingerprint density at radius 1 is 1.05 bits per heavy atom. The minimum absolute atomic E-state index is 0.306. The first kappa shape index (κ1) is 16.0. The lowest BCUT2D eigenvalue weighted by molar-refractivity contribution is 0.00578. The van der Waals surface area contributed by atoms with Crippen LogP contribution in [0.15, 0.2) is 18.3 Å². The van der Waals surface area contributed by atoms with Crippen LogP contribution in [0, 0.1) is 0 Å². The summed E-state index contributed by atoms with van der Waals surface area (Å²) < 4.78 is 11.9. The molecule has 1 aromatic heterocycles. The zero-order chi connectivity index (χ0) is 14.7. The number of aromatic nitrogens is 1. The van der Waals surface area contributed by atoms with E-state index in [1.54, 1.807) is 6.20 Å². The van der Waals surface area contributed by atoms with Crippen LogP contribution < -0.4 is 10.8 Å². The first-order chi connectivity index (χ1) is 8.86. The van der Waals surface area contributed by atoms with Crippen LogP contribution >= 0.6 is 0 Å². The van der Waals surface area contributed by atoms with Crippen molar-refractivity contribution in [3.8, 4) is 0 Å². The van der Waals surface area contributed by atoms with Gasteiger partial charge in [0.25, 0.3) is 0 Å². The Balaban J connectivity index is 0.000000861. The molecule has 0 saturated carbocycles. The van der Waals surface area contributed by atoms with Gasteiger partial charge in [0.05, 0.1) is 11.2 Å². The first-order valence-corrected chi connectivity index (χ1v) is 6.85. The number of nitrogens with zero attached hydrogens (tertiary/aromatic N) is 1. The van der Waals surface area contributed by atoms with Crippen LogP contribution in [0.2, 0.25) is 0 Å². The van der Waals surface area contributed by atoms with E-state index in [1.165, 1.54) is 0 Å². The van der Waals surface area contributed by atoms with E-state index >= 15 is 0 Å². The molecule has 0 aromatic carbocycles. The first-order valence-electron chi connectivity index (χ1n) is 6.85. The summed E-state index contributed by atoms with van der Waals surface area (Å²) in [5, 5.41) is 2.98. The van der Waals surface area contributed by atoms with Crippen molar-refractivity contribution in [2.45, 2.75) is 52.7 Å². The molecule has 2 rings (SSSR count). The lowest BCUT2D eigenvalue weighted by atomic mass is 9.80. The Bertz CT molecular complexity index is 388. The quantitative estimate of drug-likeness (QED) is 0.833. The molecule has 0 aliphatic carbocycles. The highest BCUT2D eigenvalue weighted by molar-refractivity contribution is 6.62. The summed E-state index contributed by atoms with van der Waals surface area (Å²) in [6.45, 7) is 12.2. The van der Waals surface area contributed by atoms with Crippen molar-refractivity contribution in [2.24, 2.45) is 0 Å². The van der Waals surface area contributed by atoms with Crippen molar-refractivity contribution >= 4 is 18.4 Å². The van der Waals surface area contributed by atoms with Gasteiger partial charge in [0.1, 0.15) is 5.82 Å². The third-order valence-electron chi connectivity index (χ3n) is 3.57. The van der Waals surface area contributed by atoms with Gasteiger partial charge in [-0.1, -0.05) is 19.9 Å². The van der Waals surface area contributed by atoms with Gasteiger partial charge in [0, 0.05) is 18.7 Å². The largest absolute Gasteiger partial charge is 0.496 e. The van der Waals surface area contributed by atoms with E-state index in [-0.39, 0.29) is 18.3 Å². The van der Waals surface area contributed by atoms with Gasteiger partial charge in [-0.2, -0.15) is 0 Å². The molecule has 1 fully saturated rings. The van der Waals surface area contributed by atoms with E-state index in [2.05, 4.69) is 10.3 Å². The smallest absolute Gasteiger partial charge is 0.399 e. The molecule has 19 heavy (non-hydrogen) atoms. The van der Waals surface area contributed by atoms with E-state index in [1.807, 2.05) is 60.7 Å². The molecular formula is C14H25BN2O2. The lowest BCUT2D eigenvalue weighted by Gasteiger charge is -2.32. The maximum absolute atomic E-state index is 5.94. The van der Waals surface area contributed by atoms with Gasteiger partial charge in [-0.25, -0.2) is 4.98 Å². The molecule has 1 aromatic rings. The van der Waals surface area contributed by atoms with Crippen molar-refractivity contribution in [3.05, 3.63) is 18.3 Å². The molecular weight excluding hydrogens is 239 g/mol. The molecule has 106 valence electrons. The van der Waals surface area contributed by atoms with E-state index in [0.717, 1.165) is 11.3 Å². The summed E-state index contributed by atoms with van der Waals surface area (Å²) in [6.07, 6.45) is 1.79. The number of anilines is 1. The fraction of sp³-hybridized carbons (Fsp3) is 0.643. The molecule has 2 heterocycles. The normalized spacial score (nSPS) is 19.6. The number of rotatable bonds is 2. The number of hydrogen-bond acceptors (Lipinski definition) is 4. The Hall–Kier alpha value is -1.07. The summed E-state index contributed by atoms with van der Waals surface area (Å²) in [5.41, 5.74) is 0.334. The molecule has 0 spiro atoms. The maximum Gasteiger partial charge on any atom is 0.496 e. The predicted octanol–water partition coefficient (Wildman–Crippen LogP) is 2.45. The second-order valence-electron chi connectivity index (χ2n) is 5.32. The highest BCUT2D eigenvalue weighted by Crippen LogP contribution is 2.36. The summed E-state index contributed by atoms with van der Waals surface area (Å²) in [4.78, 5) is 4.27. The SMILES string of the molecule is CC.CNc1ccc(B2OC(C)(C)C(C)(C)O2)cn1. The molecule has 5 heteroatoms. The lowest BCUT2D eigenvalue weighted by Crippen LogP contribution is -2.41. The van der Waals surface area contributed by atoms with E-state index in [4.69, 9.17) is 9.31 Å². The molecule has 1 saturated heterocycles. The summed E-state index contributed by atoms with van der Waals surface area (Å²) in [6, 6.07) is 3.89. The van der Waals surface area contributed by atoms with Crippen LogP contribution in [-0.2, 0) is 9.31 Å². The molecule has 4 nitrogen and oxygen atoms in total. The molecule has 1 aliphatic heterocycles. The van der Waals surface area contributed by atoms with Gasteiger partial charge in [-0.15, -0.1) is 0 Å². The van der Waals surface area contributed by atoms with Crippen LogP contribution in [-0.4, -0.2) is 30.4 Å². The molecule has 0 radical (unpaired) electrons. The third-order valence-corrected chi connectivity index (χ3v) is 3.57. The van der Waals surface area contributed by atoms with Crippen LogP contribution in [0.25, 0.3) is 0 Å². The van der Waals surface area contributed by atoms with Crippen LogP contribution in [0.3, 0.4) is 0 Å². The van der Waals surface area contributed by atoms with Crippen molar-refractivity contribution in [3.63, 3.8) is 0 Å². The summed E-state index contributed by atoms with van der Waals surface area (Å²) in [5.74, 6) is 0.838. The highest BCUT2D eigenvalue weighted by Gasteiger charge is 2.51. The van der Waals surface area contributed by atoms with E-state index in [9.17, 15) is 0 Å². The van der Waals surface area contributed by atoms with Gasteiger partial charge in [0.2, 0.25) is 0 Å². The standard InChI is InChI=1S/C12H19BN2O2.C2H6/c1-11(2)12(3,4)17-13(16-11)9-6-7-10(14-5)15-8-9;1-2/h6-8H,1-5H3,(H,14,15);1-2H3. The average Bonchev–Trinajstić information content (AvgIpc) is 2.61. The van der Waals surface area contributed by atoms with Crippen LogP contribution in [0.5, 0.6) is 0 Å². The van der Waals surface area contributed by atoms with Gasteiger partial charge in [-0.05, 0) is 33.8 Å². The monoisotopic (exact) mass is 264 g/mol. The second-order valence-corrected chi connectivity index (χ2v) is 5.32. The highest BCUT2D eigenvalue weighted by atomic mass is 16.7. The van der Waals surface area contributed by atoms with Crippen LogP contribution in [0.4, 0.5) is 5.82 Å². The fourth-order valence-electron chi connectivity index (χ4n) is 1.67. The molecule has 0 unspecified atom stereocenters. The second kappa shape index (κ2) is 5.93. The molecule has 0 bridgehead atoms. The van der Waals surface area contributed by atoms with Crippen molar-refractivity contribution in [1.82, 2.24) is 4.98 Å². The third kappa shape index (κ3) is 3.28. The average molecular weight is 264 g/mol. The van der Waals surface area contributed by atoms with Crippen molar-refractivity contribution in [2.75, 3.05) is 12.4 Å². The van der Waals surface area contributed by atoms with E-state index in [0.29, 0.717) is 0 Å². The number of pyridine rings is 1. The van der Waals surface area contributed by atoms with Crippen LogP contribution in [0.1, 0.15) is 41.5 Å².